The van der Waals surface area contributed by atoms with Crippen molar-refractivity contribution in [2.75, 3.05) is 25.8 Å². The van der Waals surface area contributed by atoms with Crippen molar-refractivity contribution in [3.8, 4) is 0 Å². The molecule has 5 nitrogen and oxygen atoms in total. The van der Waals surface area contributed by atoms with Crippen LogP contribution in [-0.4, -0.2) is 42.6 Å². The highest BCUT2D eigenvalue weighted by Crippen LogP contribution is 2.09. The second-order valence-electron chi connectivity index (χ2n) is 3.62. The van der Waals surface area contributed by atoms with E-state index in [2.05, 4.69) is 5.73 Å². The fraction of sp³-hybridized carbons (Fsp3) is 0.800. The van der Waals surface area contributed by atoms with Crippen molar-refractivity contribution < 1.29 is 20.4 Å². The molecule has 1 amide bonds. The van der Waals surface area contributed by atoms with E-state index in [0.29, 0.717) is 12.3 Å². The topological polar surface area (TPSA) is 88.1 Å². The molecule has 0 bridgehead atoms. The minimum absolute atomic E-state index is 0.0278. The lowest BCUT2D eigenvalue weighted by molar-refractivity contribution is -0.366. The summed E-state index contributed by atoms with van der Waals surface area (Å²) in [6.45, 7) is 2.67. The maximum absolute atomic E-state index is 11.3. The number of hydrogen-bond acceptors (Lipinski definition) is 3. The summed E-state index contributed by atoms with van der Waals surface area (Å²) in [5.41, 5.74) is 3.67. The standard InChI is InChI=1S/C8H16N2O.C2H5O2P/c9-5-4-8(11)10-6-2-1-3-7-10;3-2(4)1-5/h1-7,9H2;1,5H2,(H,3,4). The van der Waals surface area contributed by atoms with Gasteiger partial charge >= 0.3 is 0 Å². The van der Waals surface area contributed by atoms with E-state index in [-0.39, 0.29) is 6.16 Å². The molecule has 1 unspecified atom stereocenters. The molecule has 1 aliphatic heterocycles. The van der Waals surface area contributed by atoms with Crippen LogP contribution >= 0.6 is 9.24 Å². The molecule has 0 spiro atoms. The van der Waals surface area contributed by atoms with E-state index in [4.69, 9.17) is 0 Å². The molecule has 16 heavy (non-hydrogen) atoms. The Labute approximate surface area is 98.6 Å². The Morgan fingerprint density at radius 1 is 1.25 bits per heavy atom. The Kier molecular flexibility index (Phi) is 9.15. The van der Waals surface area contributed by atoms with E-state index in [9.17, 15) is 14.7 Å². The van der Waals surface area contributed by atoms with E-state index in [1.54, 1.807) is 0 Å². The van der Waals surface area contributed by atoms with Gasteiger partial charge in [0.15, 0.2) is 0 Å². The third kappa shape index (κ3) is 7.60. The van der Waals surface area contributed by atoms with Gasteiger partial charge in [0.2, 0.25) is 5.91 Å². The predicted octanol–water partition coefficient (Wildman–Crippen LogP) is -1.76. The molecule has 94 valence electrons. The van der Waals surface area contributed by atoms with Crippen LogP contribution in [0.4, 0.5) is 0 Å². The van der Waals surface area contributed by atoms with Gasteiger partial charge in [-0.05, 0) is 19.3 Å². The second-order valence-corrected chi connectivity index (χ2v) is 4.03. The molecule has 1 atom stereocenters. The van der Waals surface area contributed by atoms with Crippen molar-refractivity contribution in [1.29, 1.82) is 0 Å². The van der Waals surface area contributed by atoms with Crippen LogP contribution in [-0.2, 0) is 9.59 Å². The zero-order chi connectivity index (χ0) is 12.4. The van der Waals surface area contributed by atoms with E-state index in [0.717, 1.165) is 19.6 Å². The van der Waals surface area contributed by atoms with Crippen molar-refractivity contribution in [2.45, 2.75) is 25.7 Å². The Hall–Kier alpha value is -0.670. The van der Waals surface area contributed by atoms with Crippen LogP contribution in [0.15, 0.2) is 0 Å². The van der Waals surface area contributed by atoms with Gasteiger partial charge in [0, 0.05) is 25.2 Å². The Morgan fingerprint density at radius 2 is 1.75 bits per heavy atom. The van der Waals surface area contributed by atoms with E-state index in [1.165, 1.54) is 19.3 Å². The summed E-state index contributed by atoms with van der Waals surface area (Å²) in [7, 11) is 2.03. The van der Waals surface area contributed by atoms with Crippen LogP contribution in [0.2, 0.25) is 0 Å². The molecular weight excluding hydrogens is 227 g/mol. The number of aliphatic carboxylic acids is 1. The Bertz CT molecular complexity index is 218. The molecule has 3 N–H and O–H groups in total. The number of hydrogen-bond donors (Lipinski definition) is 1. The van der Waals surface area contributed by atoms with Crippen LogP contribution in [0.5, 0.6) is 0 Å². The van der Waals surface area contributed by atoms with Crippen molar-refractivity contribution in [2.24, 2.45) is 0 Å². The highest BCUT2D eigenvalue weighted by molar-refractivity contribution is 7.18. The number of likely N-dealkylation sites (tertiary alicyclic amines) is 1. The monoisotopic (exact) mass is 248 g/mol. The average molecular weight is 248 g/mol. The van der Waals surface area contributed by atoms with Gasteiger partial charge < -0.3 is 20.5 Å². The van der Waals surface area contributed by atoms with E-state index < -0.39 is 5.97 Å². The van der Waals surface area contributed by atoms with Gasteiger partial charge in [-0.1, -0.05) is 0 Å². The Balaban J connectivity index is 0.000000385. The molecule has 1 heterocycles. The maximum Gasteiger partial charge on any atom is 0.228 e. The molecule has 0 aromatic heterocycles. The van der Waals surface area contributed by atoms with Crippen molar-refractivity contribution in [1.82, 2.24) is 4.90 Å². The number of carbonyl (C=O) groups excluding carboxylic acids is 2. The molecule has 1 saturated heterocycles. The molecule has 0 aliphatic carbocycles. The minimum atomic E-state index is -1.03. The van der Waals surface area contributed by atoms with Gasteiger partial charge in [-0.15, -0.1) is 9.24 Å². The lowest BCUT2D eigenvalue weighted by Crippen LogP contribution is -2.52. The highest BCUT2D eigenvalue weighted by Gasteiger charge is 2.15. The van der Waals surface area contributed by atoms with Gasteiger partial charge in [-0.3, -0.25) is 4.79 Å². The van der Waals surface area contributed by atoms with E-state index in [1.807, 2.05) is 14.1 Å². The van der Waals surface area contributed by atoms with Crippen molar-refractivity contribution >= 4 is 21.1 Å². The van der Waals surface area contributed by atoms with Gasteiger partial charge in [-0.2, -0.15) is 0 Å². The molecule has 0 aromatic carbocycles. The summed E-state index contributed by atoms with van der Waals surface area (Å²) in [5.74, 6) is -0.741. The molecule has 1 aliphatic rings. The van der Waals surface area contributed by atoms with E-state index >= 15 is 0 Å². The van der Waals surface area contributed by atoms with Crippen LogP contribution in [0, 0.1) is 0 Å². The molecular formula is C10H21N2O3P. The largest absolute Gasteiger partial charge is 0.550 e. The van der Waals surface area contributed by atoms with Crippen molar-refractivity contribution in [3.05, 3.63) is 0 Å². The maximum atomic E-state index is 11.3. The normalized spacial score (nSPS) is 15.0. The number of carboxylic acid groups (broad SMARTS) is 1. The van der Waals surface area contributed by atoms with Crippen LogP contribution < -0.4 is 10.8 Å². The summed E-state index contributed by atoms with van der Waals surface area (Å²) in [5, 5.41) is 9.24. The second kappa shape index (κ2) is 9.55. The summed E-state index contributed by atoms with van der Waals surface area (Å²) in [6, 6.07) is 0. The number of carboxylic acids is 1. The lowest BCUT2D eigenvalue weighted by Gasteiger charge is -2.26. The third-order valence-corrected chi connectivity index (χ3v) is 2.60. The molecule has 1 fully saturated rings. The first kappa shape index (κ1) is 15.3. The number of nitrogens with zero attached hydrogens (tertiary/aromatic N) is 1. The SMILES string of the molecule is O=C([O-])CP.[NH3+]CCC(=O)N1CCCCC1. The molecule has 1 rings (SSSR count). The summed E-state index contributed by atoms with van der Waals surface area (Å²) < 4.78 is 0. The summed E-state index contributed by atoms with van der Waals surface area (Å²) in [4.78, 5) is 22.5. The smallest absolute Gasteiger partial charge is 0.228 e. The van der Waals surface area contributed by atoms with Gasteiger partial charge in [0.25, 0.3) is 0 Å². The first-order valence-electron chi connectivity index (χ1n) is 5.58. The van der Waals surface area contributed by atoms with Crippen molar-refractivity contribution in [3.63, 3.8) is 0 Å². The number of piperidine rings is 1. The zero-order valence-electron chi connectivity index (χ0n) is 9.61. The average Bonchev–Trinajstić information content (AvgIpc) is 2.31. The molecule has 0 saturated carbocycles. The number of amides is 1. The first-order valence-corrected chi connectivity index (χ1v) is 6.40. The van der Waals surface area contributed by atoms with Gasteiger partial charge in [0.05, 0.1) is 13.0 Å². The van der Waals surface area contributed by atoms with Crippen LogP contribution in [0.1, 0.15) is 25.7 Å². The van der Waals surface area contributed by atoms with Gasteiger partial charge in [-0.25, -0.2) is 0 Å². The fourth-order valence-corrected chi connectivity index (χ4v) is 1.45. The quantitative estimate of drug-likeness (QED) is 0.600. The zero-order valence-corrected chi connectivity index (χ0v) is 10.8. The minimum Gasteiger partial charge on any atom is -0.550 e. The molecule has 0 radical (unpaired) electrons. The van der Waals surface area contributed by atoms with Gasteiger partial charge in [0.1, 0.15) is 0 Å². The molecule has 0 aromatic rings. The fourth-order valence-electron chi connectivity index (χ4n) is 1.45. The summed E-state index contributed by atoms with van der Waals surface area (Å²) in [6.07, 6.45) is 4.31. The van der Waals surface area contributed by atoms with Crippen LogP contribution in [0.3, 0.4) is 0 Å². The summed E-state index contributed by atoms with van der Waals surface area (Å²) >= 11 is 0. The first-order chi connectivity index (χ1) is 7.61. The number of rotatable bonds is 3. The highest BCUT2D eigenvalue weighted by atomic mass is 31.0. The number of quaternary nitrogens is 1. The van der Waals surface area contributed by atoms with Crippen LogP contribution in [0.25, 0.3) is 0 Å². The molecule has 6 heteroatoms. The Morgan fingerprint density at radius 3 is 2.12 bits per heavy atom. The third-order valence-electron chi connectivity index (χ3n) is 2.27. The predicted molar refractivity (Wildman–Crippen MR) is 62.4 cm³/mol. The lowest BCUT2D eigenvalue weighted by atomic mass is 10.1. The number of carbonyl (C=O) groups is 2.